The average Bonchev–Trinajstić information content (AvgIpc) is 2.37. The van der Waals surface area contributed by atoms with Crippen LogP contribution in [0.15, 0.2) is 18.2 Å². The Balaban J connectivity index is 2.57. The maximum atomic E-state index is 11.8. The molecule has 5 nitrogen and oxygen atoms in total. The highest BCUT2D eigenvalue weighted by Gasteiger charge is 2.21. The number of nitrogens with one attached hydrogen (secondary N) is 1. The fraction of sp³-hybridized carbons (Fsp3) is 0.462. The lowest BCUT2D eigenvalue weighted by Crippen LogP contribution is -2.41. The van der Waals surface area contributed by atoms with Crippen LogP contribution in [-0.2, 0) is 4.74 Å². The van der Waals surface area contributed by atoms with Crippen LogP contribution in [0.5, 0.6) is 5.75 Å². The molecular weight excluding hydrogens is 270 g/mol. The average molecular weight is 288 g/mol. The van der Waals surface area contributed by atoms with E-state index >= 15 is 0 Å². The largest absolute Gasteiger partial charge is 0.506 e. The quantitative estimate of drug-likeness (QED) is 0.742. The van der Waals surface area contributed by atoms with Gasteiger partial charge in [0.1, 0.15) is 5.75 Å². The number of ether oxygens (including phenoxy) is 1. The number of amides is 1. The molecule has 0 radical (unpaired) electrons. The van der Waals surface area contributed by atoms with Crippen molar-refractivity contribution in [3.63, 3.8) is 0 Å². The molecule has 0 saturated carbocycles. The summed E-state index contributed by atoms with van der Waals surface area (Å²) in [5, 5.41) is 22.0. The number of rotatable bonds is 6. The van der Waals surface area contributed by atoms with Gasteiger partial charge in [0.05, 0.1) is 10.6 Å². The van der Waals surface area contributed by atoms with Gasteiger partial charge in [0.2, 0.25) is 0 Å². The standard InChI is InChI=1S/C13H18ClNO4/c1-13(18,5-6-19-2)8-15-12(17)9-3-4-11(16)10(14)7-9/h3-4,7,16,18H,5-6,8H2,1-2H3,(H,15,17). The van der Waals surface area contributed by atoms with Crippen LogP contribution >= 0.6 is 11.6 Å². The summed E-state index contributed by atoms with van der Waals surface area (Å²) in [4.78, 5) is 11.8. The summed E-state index contributed by atoms with van der Waals surface area (Å²) in [6, 6.07) is 4.18. The minimum atomic E-state index is -1.04. The van der Waals surface area contributed by atoms with Crippen LogP contribution in [0.25, 0.3) is 0 Å². The lowest BCUT2D eigenvalue weighted by Gasteiger charge is -2.23. The number of carbonyl (C=O) groups is 1. The number of aliphatic hydroxyl groups is 1. The second kappa shape index (κ2) is 6.75. The fourth-order valence-corrected chi connectivity index (χ4v) is 1.61. The number of benzene rings is 1. The van der Waals surface area contributed by atoms with Crippen LogP contribution < -0.4 is 5.32 Å². The molecule has 6 heteroatoms. The zero-order valence-electron chi connectivity index (χ0n) is 10.9. The van der Waals surface area contributed by atoms with Crippen molar-refractivity contribution in [2.45, 2.75) is 18.9 Å². The first-order valence-electron chi connectivity index (χ1n) is 5.84. The molecular formula is C13H18ClNO4. The molecule has 3 N–H and O–H groups in total. The van der Waals surface area contributed by atoms with Crippen LogP contribution in [0.4, 0.5) is 0 Å². The Bertz CT molecular complexity index is 448. The molecule has 1 atom stereocenters. The van der Waals surface area contributed by atoms with Crippen LogP contribution in [0.1, 0.15) is 23.7 Å². The second-order valence-corrected chi connectivity index (χ2v) is 5.00. The van der Waals surface area contributed by atoms with Gasteiger partial charge in [0.15, 0.2) is 0 Å². The first-order valence-corrected chi connectivity index (χ1v) is 6.21. The Kier molecular flexibility index (Phi) is 5.60. The maximum Gasteiger partial charge on any atom is 0.251 e. The summed E-state index contributed by atoms with van der Waals surface area (Å²) in [6.07, 6.45) is 0.417. The Morgan fingerprint density at radius 3 is 2.79 bits per heavy atom. The minimum Gasteiger partial charge on any atom is -0.506 e. The smallest absolute Gasteiger partial charge is 0.251 e. The van der Waals surface area contributed by atoms with E-state index in [0.717, 1.165) is 0 Å². The Labute approximate surface area is 117 Å². The predicted octanol–water partition coefficient (Wildman–Crippen LogP) is 1.56. The Morgan fingerprint density at radius 1 is 1.53 bits per heavy atom. The van der Waals surface area contributed by atoms with Crippen LogP contribution in [-0.4, -0.2) is 42.0 Å². The van der Waals surface area contributed by atoms with Crippen LogP contribution in [0, 0.1) is 0 Å². The highest BCUT2D eigenvalue weighted by atomic mass is 35.5. The molecule has 0 aliphatic rings. The van der Waals surface area contributed by atoms with Gasteiger partial charge in [-0.2, -0.15) is 0 Å². The molecule has 0 heterocycles. The number of phenolic OH excluding ortho intramolecular Hbond substituents is 1. The lowest BCUT2D eigenvalue weighted by molar-refractivity contribution is 0.0243. The molecule has 19 heavy (non-hydrogen) atoms. The number of aromatic hydroxyl groups is 1. The summed E-state index contributed by atoms with van der Waals surface area (Å²) < 4.78 is 4.88. The SMILES string of the molecule is COCCC(C)(O)CNC(=O)c1ccc(O)c(Cl)c1. The number of phenols is 1. The van der Waals surface area contributed by atoms with E-state index in [4.69, 9.17) is 16.3 Å². The Hall–Kier alpha value is -1.30. The molecule has 0 saturated heterocycles. The van der Waals surface area contributed by atoms with Gasteiger partial charge in [-0.1, -0.05) is 11.6 Å². The summed E-state index contributed by atoms with van der Waals surface area (Å²) in [7, 11) is 1.55. The number of halogens is 1. The van der Waals surface area contributed by atoms with Gasteiger partial charge in [-0.3, -0.25) is 4.79 Å². The van der Waals surface area contributed by atoms with E-state index in [-0.39, 0.29) is 23.2 Å². The predicted molar refractivity (Wildman–Crippen MR) is 72.6 cm³/mol. The summed E-state index contributed by atoms with van der Waals surface area (Å²) >= 11 is 5.72. The van der Waals surface area contributed by atoms with Gasteiger partial charge in [-0.25, -0.2) is 0 Å². The summed E-state index contributed by atoms with van der Waals surface area (Å²) in [5.74, 6) is -0.440. The third-order valence-corrected chi connectivity index (χ3v) is 2.99. The number of methoxy groups -OCH3 is 1. The highest BCUT2D eigenvalue weighted by Crippen LogP contribution is 2.23. The normalized spacial score (nSPS) is 13.9. The highest BCUT2D eigenvalue weighted by molar-refractivity contribution is 6.32. The zero-order valence-corrected chi connectivity index (χ0v) is 11.7. The fourth-order valence-electron chi connectivity index (χ4n) is 1.43. The maximum absolute atomic E-state index is 11.8. The van der Waals surface area contributed by atoms with E-state index in [1.807, 2.05) is 0 Å². The molecule has 1 rings (SSSR count). The molecule has 106 valence electrons. The molecule has 0 fully saturated rings. The molecule has 0 aromatic heterocycles. The van der Waals surface area contributed by atoms with Crippen molar-refractivity contribution in [2.24, 2.45) is 0 Å². The van der Waals surface area contributed by atoms with Crippen molar-refractivity contribution in [1.29, 1.82) is 0 Å². The number of hydrogen-bond donors (Lipinski definition) is 3. The molecule has 0 aliphatic heterocycles. The van der Waals surface area contributed by atoms with Crippen LogP contribution in [0.2, 0.25) is 5.02 Å². The monoisotopic (exact) mass is 287 g/mol. The Morgan fingerprint density at radius 2 is 2.21 bits per heavy atom. The van der Waals surface area contributed by atoms with Crippen LogP contribution in [0.3, 0.4) is 0 Å². The number of carbonyl (C=O) groups excluding carboxylic acids is 1. The lowest BCUT2D eigenvalue weighted by atomic mass is 10.0. The number of hydrogen-bond acceptors (Lipinski definition) is 4. The zero-order chi connectivity index (χ0) is 14.5. The van der Waals surface area contributed by atoms with E-state index in [2.05, 4.69) is 5.32 Å². The van der Waals surface area contributed by atoms with Gasteiger partial charge in [0, 0.05) is 32.2 Å². The summed E-state index contributed by atoms with van der Waals surface area (Å²) in [6.45, 7) is 2.14. The van der Waals surface area contributed by atoms with E-state index in [9.17, 15) is 15.0 Å². The van der Waals surface area contributed by atoms with Gasteiger partial charge in [-0.15, -0.1) is 0 Å². The first kappa shape index (κ1) is 15.8. The van der Waals surface area contributed by atoms with Gasteiger partial charge >= 0.3 is 0 Å². The van der Waals surface area contributed by atoms with E-state index in [0.29, 0.717) is 18.6 Å². The van der Waals surface area contributed by atoms with Crippen molar-refractivity contribution in [3.05, 3.63) is 28.8 Å². The third-order valence-electron chi connectivity index (χ3n) is 2.68. The molecule has 1 aromatic carbocycles. The van der Waals surface area contributed by atoms with Crippen molar-refractivity contribution in [2.75, 3.05) is 20.3 Å². The van der Waals surface area contributed by atoms with E-state index < -0.39 is 5.60 Å². The topological polar surface area (TPSA) is 78.8 Å². The van der Waals surface area contributed by atoms with Crippen molar-refractivity contribution in [1.82, 2.24) is 5.32 Å². The third kappa shape index (κ3) is 5.06. The minimum absolute atomic E-state index is 0.0784. The summed E-state index contributed by atoms with van der Waals surface area (Å²) in [5.41, 5.74) is -0.711. The van der Waals surface area contributed by atoms with Crippen molar-refractivity contribution in [3.8, 4) is 5.75 Å². The first-order chi connectivity index (χ1) is 8.85. The van der Waals surface area contributed by atoms with E-state index in [1.165, 1.54) is 18.2 Å². The van der Waals surface area contributed by atoms with Gasteiger partial charge in [0.25, 0.3) is 5.91 Å². The van der Waals surface area contributed by atoms with Crippen molar-refractivity contribution >= 4 is 17.5 Å². The molecule has 1 aromatic rings. The van der Waals surface area contributed by atoms with Gasteiger partial charge in [-0.05, 0) is 25.1 Å². The van der Waals surface area contributed by atoms with Gasteiger partial charge < -0.3 is 20.3 Å². The molecule has 0 aliphatic carbocycles. The molecule has 1 amide bonds. The molecule has 0 bridgehead atoms. The molecule has 1 unspecified atom stereocenters. The second-order valence-electron chi connectivity index (χ2n) is 4.59. The van der Waals surface area contributed by atoms with Crippen molar-refractivity contribution < 1.29 is 19.7 Å². The van der Waals surface area contributed by atoms with E-state index in [1.54, 1.807) is 14.0 Å². The molecule has 0 spiro atoms.